The second-order valence-corrected chi connectivity index (χ2v) is 6.04. The first-order chi connectivity index (χ1) is 12.5. The van der Waals surface area contributed by atoms with Crippen LogP contribution in [0.25, 0.3) is 10.6 Å². The van der Waals surface area contributed by atoms with Crippen molar-refractivity contribution in [2.24, 2.45) is 0 Å². The first-order valence-electron chi connectivity index (χ1n) is 7.50. The summed E-state index contributed by atoms with van der Waals surface area (Å²) in [5, 5.41) is 16.4. The molecule has 1 N–H and O–H groups in total. The number of halogens is 2. The SMILES string of the molecule is O=[N+]([O-])c1ccc(NCc2csc(-c3ccccc3)n2)c(OC(F)F)c1. The summed E-state index contributed by atoms with van der Waals surface area (Å²) in [5.41, 5.74) is 1.60. The van der Waals surface area contributed by atoms with E-state index in [1.807, 2.05) is 35.7 Å². The van der Waals surface area contributed by atoms with Crippen LogP contribution in [-0.2, 0) is 6.54 Å². The van der Waals surface area contributed by atoms with Crippen molar-refractivity contribution < 1.29 is 18.4 Å². The number of rotatable bonds is 7. The molecule has 0 radical (unpaired) electrons. The van der Waals surface area contributed by atoms with Crippen LogP contribution in [0.3, 0.4) is 0 Å². The van der Waals surface area contributed by atoms with E-state index < -0.39 is 11.5 Å². The van der Waals surface area contributed by atoms with Crippen LogP contribution < -0.4 is 10.1 Å². The molecule has 0 amide bonds. The predicted molar refractivity (Wildman–Crippen MR) is 94.6 cm³/mol. The van der Waals surface area contributed by atoms with Gasteiger partial charge in [0.15, 0.2) is 5.75 Å². The number of nitro groups is 1. The molecule has 6 nitrogen and oxygen atoms in total. The number of hydrogen-bond donors (Lipinski definition) is 1. The summed E-state index contributed by atoms with van der Waals surface area (Å²) in [4.78, 5) is 14.6. The average molecular weight is 377 g/mol. The third-order valence-corrected chi connectivity index (χ3v) is 4.36. The van der Waals surface area contributed by atoms with Crippen LogP contribution in [-0.4, -0.2) is 16.5 Å². The zero-order valence-corrected chi connectivity index (χ0v) is 14.1. The molecule has 0 atom stereocenters. The fourth-order valence-electron chi connectivity index (χ4n) is 2.25. The minimum Gasteiger partial charge on any atom is -0.432 e. The van der Waals surface area contributed by atoms with E-state index >= 15 is 0 Å². The minimum absolute atomic E-state index is 0.227. The minimum atomic E-state index is -3.08. The van der Waals surface area contributed by atoms with E-state index in [0.29, 0.717) is 0 Å². The molecular weight excluding hydrogens is 364 g/mol. The monoisotopic (exact) mass is 377 g/mol. The van der Waals surface area contributed by atoms with Gasteiger partial charge in [0.1, 0.15) is 5.01 Å². The Bertz CT molecular complexity index is 903. The molecular formula is C17H13F2N3O3S. The van der Waals surface area contributed by atoms with Crippen LogP contribution in [0.4, 0.5) is 20.2 Å². The lowest BCUT2D eigenvalue weighted by Gasteiger charge is -2.11. The Labute approximate surface area is 151 Å². The third-order valence-electron chi connectivity index (χ3n) is 3.42. The van der Waals surface area contributed by atoms with Crippen molar-refractivity contribution in [2.45, 2.75) is 13.2 Å². The lowest BCUT2D eigenvalue weighted by molar-refractivity contribution is -0.385. The molecule has 0 saturated carbocycles. The van der Waals surface area contributed by atoms with Gasteiger partial charge in [-0.1, -0.05) is 30.3 Å². The predicted octanol–water partition coefficient (Wildman–Crippen LogP) is 4.93. The number of nitro benzene ring substituents is 1. The van der Waals surface area contributed by atoms with E-state index in [2.05, 4.69) is 15.0 Å². The van der Waals surface area contributed by atoms with Crippen LogP contribution >= 0.6 is 11.3 Å². The van der Waals surface area contributed by atoms with E-state index in [-0.39, 0.29) is 23.7 Å². The number of alkyl halides is 2. The highest BCUT2D eigenvalue weighted by Gasteiger charge is 2.15. The Morgan fingerprint density at radius 3 is 2.69 bits per heavy atom. The fraction of sp³-hybridized carbons (Fsp3) is 0.118. The Morgan fingerprint density at radius 1 is 1.23 bits per heavy atom. The van der Waals surface area contributed by atoms with E-state index in [4.69, 9.17) is 0 Å². The molecule has 0 aliphatic rings. The van der Waals surface area contributed by atoms with Gasteiger partial charge in [-0.3, -0.25) is 10.1 Å². The van der Waals surface area contributed by atoms with Gasteiger partial charge in [0.2, 0.25) is 0 Å². The van der Waals surface area contributed by atoms with Crippen molar-refractivity contribution in [1.29, 1.82) is 0 Å². The Morgan fingerprint density at radius 2 is 2.00 bits per heavy atom. The van der Waals surface area contributed by atoms with Crippen molar-refractivity contribution in [3.63, 3.8) is 0 Å². The molecule has 3 aromatic rings. The van der Waals surface area contributed by atoms with Gasteiger partial charge in [-0.2, -0.15) is 8.78 Å². The maximum atomic E-state index is 12.6. The number of anilines is 1. The van der Waals surface area contributed by atoms with Gasteiger partial charge >= 0.3 is 6.61 Å². The zero-order chi connectivity index (χ0) is 18.5. The number of aromatic nitrogens is 1. The van der Waals surface area contributed by atoms with Gasteiger partial charge in [-0.05, 0) is 6.07 Å². The fourth-order valence-corrected chi connectivity index (χ4v) is 3.08. The van der Waals surface area contributed by atoms with Crippen molar-refractivity contribution in [3.8, 4) is 16.3 Å². The Kier molecular flexibility index (Phi) is 5.37. The van der Waals surface area contributed by atoms with Crippen LogP contribution in [0.5, 0.6) is 5.75 Å². The zero-order valence-electron chi connectivity index (χ0n) is 13.3. The molecule has 2 aromatic carbocycles. The normalized spacial score (nSPS) is 10.7. The molecule has 0 unspecified atom stereocenters. The van der Waals surface area contributed by atoms with Crippen LogP contribution in [0.1, 0.15) is 5.69 Å². The molecule has 1 aromatic heterocycles. The maximum Gasteiger partial charge on any atom is 0.387 e. The van der Waals surface area contributed by atoms with E-state index in [9.17, 15) is 18.9 Å². The summed E-state index contributed by atoms with van der Waals surface area (Å²) in [6.07, 6.45) is 0. The molecule has 1 heterocycles. The third kappa shape index (κ3) is 4.31. The summed E-state index contributed by atoms with van der Waals surface area (Å²) in [7, 11) is 0. The highest BCUT2D eigenvalue weighted by molar-refractivity contribution is 7.13. The molecule has 0 aliphatic heterocycles. The first-order valence-corrected chi connectivity index (χ1v) is 8.38. The standard InChI is InChI=1S/C17H13F2N3O3S/c18-17(19)25-15-8-13(22(23)24)6-7-14(15)20-9-12-10-26-16(21-12)11-4-2-1-3-5-11/h1-8,10,17,20H,9H2. The first kappa shape index (κ1) is 17.7. The lowest BCUT2D eigenvalue weighted by atomic mass is 10.2. The number of nitrogens with one attached hydrogen (secondary N) is 1. The average Bonchev–Trinajstić information content (AvgIpc) is 3.10. The van der Waals surface area contributed by atoms with Gasteiger partial charge in [-0.25, -0.2) is 4.98 Å². The quantitative estimate of drug-likeness (QED) is 0.466. The molecule has 26 heavy (non-hydrogen) atoms. The van der Waals surface area contributed by atoms with Gasteiger partial charge < -0.3 is 10.1 Å². The summed E-state index contributed by atoms with van der Waals surface area (Å²) < 4.78 is 29.5. The molecule has 0 fully saturated rings. The largest absolute Gasteiger partial charge is 0.432 e. The second kappa shape index (κ2) is 7.87. The number of thiazole rings is 1. The van der Waals surface area contributed by atoms with Crippen molar-refractivity contribution in [1.82, 2.24) is 4.98 Å². The summed E-state index contributed by atoms with van der Waals surface area (Å²) in [6, 6.07) is 13.2. The van der Waals surface area contributed by atoms with Crippen LogP contribution in [0.15, 0.2) is 53.9 Å². The van der Waals surface area contributed by atoms with E-state index in [1.165, 1.54) is 23.5 Å². The number of benzene rings is 2. The number of nitrogens with zero attached hydrogens (tertiary/aromatic N) is 2. The van der Waals surface area contributed by atoms with E-state index in [1.54, 1.807) is 0 Å². The van der Waals surface area contributed by atoms with Gasteiger partial charge in [0.05, 0.1) is 28.9 Å². The summed E-state index contributed by atoms with van der Waals surface area (Å²) in [6.45, 7) is -2.82. The van der Waals surface area contributed by atoms with Gasteiger partial charge in [0, 0.05) is 17.0 Å². The highest BCUT2D eigenvalue weighted by atomic mass is 32.1. The molecule has 0 spiro atoms. The molecule has 0 saturated heterocycles. The van der Waals surface area contributed by atoms with E-state index in [0.717, 1.165) is 22.3 Å². The molecule has 3 rings (SSSR count). The van der Waals surface area contributed by atoms with Crippen LogP contribution in [0, 0.1) is 10.1 Å². The molecule has 0 bridgehead atoms. The summed E-state index contributed by atoms with van der Waals surface area (Å²) >= 11 is 1.47. The maximum absolute atomic E-state index is 12.6. The van der Waals surface area contributed by atoms with Gasteiger partial charge in [0.25, 0.3) is 5.69 Å². The second-order valence-electron chi connectivity index (χ2n) is 5.18. The lowest BCUT2D eigenvalue weighted by Crippen LogP contribution is -2.07. The number of hydrogen-bond acceptors (Lipinski definition) is 6. The Hall–Kier alpha value is -3.07. The number of ether oxygens (including phenoxy) is 1. The van der Waals surface area contributed by atoms with Crippen molar-refractivity contribution in [3.05, 3.63) is 69.7 Å². The summed E-state index contributed by atoms with van der Waals surface area (Å²) in [5.74, 6) is -0.285. The highest BCUT2D eigenvalue weighted by Crippen LogP contribution is 2.31. The molecule has 0 aliphatic carbocycles. The Balaban J connectivity index is 1.75. The molecule has 134 valence electrons. The van der Waals surface area contributed by atoms with Crippen molar-refractivity contribution in [2.75, 3.05) is 5.32 Å². The van der Waals surface area contributed by atoms with Crippen LogP contribution in [0.2, 0.25) is 0 Å². The topological polar surface area (TPSA) is 77.3 Å². The van der Waals surface area contributed by atoms with Crippen molar-refractivity contribution >= 4 is 22.7 Å². The smallest absolute Gasteiger partial charge is 0.387 e. The van der Waals surface area contributed by atoms with Gasteiger partial charge in [-0.15, -0.1) is 11.3 Å². The molecule has 9 heteroatoms. The number of non-ortho nitro benzene ring substituents is 1.